The van der Waals surface area contributed by atoms with Crippen LogP contribution in [0.5, 0.6) is 5.75 Å². The van der Waals surface area contributed by atoms with E-state index in [9.17, 15) is 9.90 Å². The zero-order chi connectivity index (χ0) is 18.4. The van der Waals surface area contributed by atoms with Crippen molar-refractivity contribution in [3.63, 3.8) is 0 Å². The molecule has 1 aliphatic rings. The molecule has 0 spiro atoms. The summed E-state index contributed by atoms with van der Waals surface area (Å²) < 4.78 is 1.66. The lowest BCUT2D eigenvalue weighted by Crippen LogP contribution is -2.13. The van der Waals surface area contributed by atoms with Gasteiger partial charge in [-0.3, -0.25) is 4.79 Å². The van der Waals surface area contributed by atoms with Crippen LogP contribution in [0.25, 0.3) is 16.8 Å². The van der Waals surface area contributed by atoms with Crippen LogP contribution in [-0.2, 0) is 0 Å². The third kappa shape index (κ3) is 2.62. The van der Waals surface area contributed by atoms with Gasteiger partial charge in [-0.1, -0.05) is 18.9 Å². The molecule has 1 aliphatic carbocycles. The van der Waals surface area contributed by atoms with Gasteiger partial charge in [0.25, 0.3) is 5.91 Å². The average Bonchev–Trinajstić information content (AvgIpc) is 3.26. The van der Waals surface area contributed by atoms with E-state index in [0.717, 1.165) is 40.9 Å². The maximum atomic E-state index is 12.1. The van der Waals surface area contributed by atoms with E-state index in [1.807, 2.05) is 26.1 Å². The molecule has 0 aliphatic heterocycles. The number of pyridine rings is 1. The van der Waals surface area contributed by atoms with E-state index in [4.69, 9.17) is 5.73 Å². The van der Waals surface area contributed by atoms with Crippen LogP contribution in [0.15, 0.2) is 24.4 Å². The fraction of sp³-hybridized carbons (Fsp3) is 0.350. The van der Waals surface area contributed by atoms with Crippen LogP contribution in [0, 0.1) is 13.8 Å². The van der Waals surface area contributed by atoms with Crippen molar-refractivity contribution >= 4 is 11.6 Å². The number of primary amides is 1. The smallest absolute Gasteiger partial charge is 0.252 e. The topological polar surface area (TPSA) is 93.5 Å². The molecule has 2 heterocycles. The minimum absolute atomic E-state index is 0.219. The zero-order valence-electron chi connectivity index (χ0n) is 15.0. The van der Waals surface area contributed by atoms with Gasteiger partial charge in [0.15, 0.2) is 11.5 Å². The van der Waals surface area contributed by atoms with Gasteiger partial charge in [0.2, 0.25) is 0 Å². The number of carbonyl (C=O) groups excluding carboxylic acids is 1. The molecule has 0 unspecified atom stereocenters. The van der Waals surface area contributed by atoms with Crippen LogP contribution in [-0.4, -0.2) is 25.6 Å². The number of carbonyl (C=O) groups is 1. The Kier molecular flexibility index (Phi) is 3.90. The van der Waals surface area contributed by atoms with Crippen molar-refractivity contribution in [3.05, 3.63) is 46.9 Å². The molecule has 0 radical (unpaired) electrons. The average molecular weight is 350 g/mol. The van der Waals surface area contributed by atoms with Crippen molar-refractivity contribution in [2.75, 3.05) is 0 Å². The Hall–Kier alpha value is -2.89. The third-order valence-electron chi connectivity index (χ3n) is 5.37. The van der Waals surface area contributed by atoms with Gasteiger partial charge in [-0.25, -0.2) is 9.50 Å². The summed E-state index contributed by atoms with van der Waals surface area (Å²) in [7, 11) is 0. The first-order chi connectivity index (χ1) is 12.5. The highest BCUT2D eigenvalue weighted by Gasteiger charge is 2.23. The molecule has 1 amide bonds. The number of nitrogens with zero attached hydrogens (tertiary/aromatic N) is 3. The third-order valence-corrected chi connectivity index (χ3v) is 5.37. The first-order valence-electron chi connectivity index (χ1n) is 8.95. The second-order valence-corrected chi connectivity index (χ2v) is 7.13. The summed E-state index contributed by atoms with van der Waals surface area (Å²) in [6.07, 6.45) is 6.41. The number of phenols is 1. The molecular weight excluding hydrogens is 328 g/mol. The monoisotopic (exact) mass is 350 g/mol. The van der Waals surface area contributed by atoms with Crippen molar-refractivity contribution in [1.29, 1.82) is 0 Å². The van der Waals surface area contributed by atoms with Crippen LogP contribution in [0.3, 0.4) is 0 Å². The first kappa shape index (κ1) is 16.6. The maximum absolute atomic E-state index is 12.1. The Labute approximate surface area is 151 Å². The summed E-state index contributed by atoms with van der Waals surface area (Å²) in [5.41, 5.74) is 9.91. The molecule has 0 saturated heterocycles. The highest BCUT2D eigenvalue weighted by molar-refractivity contribution is 6.00. The molecule has 6 nitrogen and oxygen atoms in total. The Morgan fingerprint density at radius 3 is 2.69 bits per heavy atom. The SMILES string of the molecule is Cc1ccc(O)c(C)c1-c1cc(C(N)=O)c2nc(C3CCCC3)nn2c1. The normalized spacial score (nSPS) is 15.0. The number of aromatic hydroxyl groups is 1. The van der Waals surface area contributed by atoms with Gasteiger partial charge >= 0.3 is 0 Å². The number of rotatable bonds is 3. The van der Waals surface area contributed by atoms with Gasteiger partial charge < -0.3 is 10.8 Å². The first-order valence-corrected chi connectivity index (χ1v) is 8.95. The Bertz CT molecular complexity index is 1020. The summed E-state index contributed by atoms with van der Waals surface area (Å²) in [6.45, 7) is 3.83. The summed E-state index contributed by atoms with van der Waals surface area (Å²) in [5.74, 6) is 0.823. The molecule has 1 fully saturated rings. The minimum Gasteiger partial charge on any atom is -0.508 e. The highest BCUT2D eigenvalue weighted by atomic mass is 16.3. The van der Waals surface area contributed by atoms with Gasteiger partial charge in [0.1, 0.15) is 5.75 Å². The predicted molar refractivity (Wildman–Crippen MR) is 99.3 cm³/mol. The molecule has 134 valence electrons. The van der Waals surface area contributed by atoms with Crippen molar-refractivity contribution in [3.8, 4) is 16.9 Å². The largest absolute Gasteiger partial charge is 0.508 e. The summed E-state index contributed by atoms with van der Waals surface area (Å²) in [4.78, 5) is 16.7. The molecule has 0 bridgehead atoms. The van der Waals surface area contributed by atoms with Gasteiger partial charge in [-0.15, -0.1) is 0 Å². The van der Waals surface area contributed by atoms with E-state index in [1.54, 1.807) is 16.6 Å². The minimum atomic E-state index is -0.530. The van der Waals surface area contributed by atoms with Crippen LogP contribution in [0.4, 0.5) is 0 Å². The second kappa shape index (κ2) is 6.12. The van der Waals surface area contributed by atoms with Crippen LogP contribution in [0.1, 0.15) is 58.9 Å². The standard InChI is InChI=1S/C20H22N4O2/c1-11-7-8-16(25)12(2)17(11)14-9-15(18(21)26)20-22-19(23-24(20)10-14)13-5-3-4-6-13/h7-10,13,25H,3-6H2,1-2H3,(H2,21,26). The molecule has 6 heteroatoms. The molecule has 4 rings (SSSR count). The molecule has 1 saturated carbocycles. The molecule has 2 aromatic heterocycles. The van der Waals surface area contributed by atoms with E-state index in [-0.39, 0.29) is 5.75 Å². The van der Waals surface area contributed by atoms with Gasteiger partial charge in [0, 0.05) is 17.7 Å². The lowest BCUT2D eigenvalue weighted by atomic mass is 9.95. The van der Waals surface area contributed by atoms with Crippen molar-refractivity contribution in [2.24, 2.45) is 5.73 Å². The highest BCUT2D eigenvalue weighted by Crippen LogP contribution is 2.35. The summed E-state index contributed by atoms with van der Waals surface area (Å²) >= 11 is 0. The summed E-state index contributed by atoms with van der Waals surface area (Å²) in [6, 6.07) is 5.28. The Morgan fingerprint density at radius 2 is 2.00 bits per heavy atom. The molecular formula is C20H22N4O2. The predicted octanol–water partition coefficient (Wildman–Crippen LogP) is 3.48. The fourth-order valence-electron chi connectivity index (χ4n) is 3.96. The second-order valence-electron chi connectivity index (χ2n) is 7.13. The lowest BCUT2D eigenvalue weighted by molar-refractivity contribution is 0.100. The number of phenolic OH excluding ortho intramolecular Hbond substituents is 1. The molecule has 0 atom stereocenters. The molecule has 26 heavy (non-hydrogen) atoms. The van der Waals surface area contributed by atoms with E-state index in [0.29, 0.717) is 17.1 Å². The molecule has 1 aromatic carbocycles. The van der Waals surface area contributed by atoms with E-state index < -0.39 is 5.91 Å². The van der Waals surface area contributed by atoms with Crippen molar-refractivity contribution in [2.45, 2.75) is 45.4 Å². The zero-order valence-corrected chi connectivity index (χ0v) is 15.0. The Balaban J connectivity index is 1.95. The van der Waals surface area contributed by atoms with E-state index in [2.05, 4.69) is 10.1 Å². The van der Waals surface area contributed by atoms with E-state index >= 15 is 0 Å². The van der Waals surface area contributed by atoms with Gasteiger partial charge in [-0.2, -0.15) is 5.10 Å². The van der Waals surface area contributed by atoms with Crippen LogP contribution in [0.2, 0.25) is 0 Å². The van der Waals surface area contributed by atoms with E-state index in [1.165, 1.54) is 12.8 Å². The number of aryl methyl sites for hydroxylation is 1. The van der Waals surface area contributed by atoms with Crippen molar-refractivity contribution < 1.29 is 9.90 Å². The Morgan fingerprint density at radius 1 is 1.27 bits per heavy atom. The van der Waals surface area contributed by atoms with Gasteiger partial charge in [-0.05, 0) is 55.5 Å². The molecule has 3 aromatic rings. The molecule has 3 N–H and O–H groups in total. The van der Waals surface area contributed by atoms with Gasteiger partial charge in [0.05, 0.1) is 5.56 Å². The maximum Gasteiger partial charge on any atom is 0.252 e. The van der Waals surface area contributed by atoms with Crippen LogP contribution >= 0.6 is 0 Å². The van der Waals surface area contributed by atoms with Crippen molar-refractivity contribution in [1.82, 2.24) is 14.6 Å². The fourth-order valence-corrected chi connectivity index (χ4v) is 3.96. The number of aromatic nitrogens is 3. The lowest BCUT2D eigenvalue weighted by Gasteiger charge is -2.13. The number of fused-ring (bicyclic) bond motifs is 1. The van der Waals surface area contributed by atoms with Crippen LogP contribution < -0.4 is 5.73 Å². The number of amides is 1. The summed E-state index contributed by atoms with van der Waals surface area (Å²) in [5, 5.41) is 14.7. The number of hydrogen-bond donors (Lipinski definition) is 2. The number of benzene rings is 1. The quantitative estimate of drug-likeness (QED) is 0.756. The number of nitrogens with two attached hydrogens (primary N) is 1. The number of hydrogen-bond acceptors (Lipinski definition) is 4.